The summed E-state index contributed by atoms with van der Waals surface area (Å²) >= 11 is 0. The van der Waals surface area contributed by atoms with Gasteiger partial charge in [-0.25, -0.2) is 0 Å². The van der Waals surface area contributed by atoms with Crippen molar-refractivity contribution >= 4 is 5.91 Å². The van der Waals surface area contributed by atoms with Gasteiger partial charge in [0.25, 0.3) is 5.91 Å². The normalized spacial score (nSPS) is 29.5. The largest absolute Gasteiger partial charge is 0.389 e. The summed E-state index contributed by atoms with van der Waals surface area (Å²) in [5.41, 5.74) is -0.165. The number of hydrogen-bond acceptors (Lipinski definition) is 4. The van der Waals surface area contributed by atoms with E-state index in [2.05, 4.69) is 5.16 Å². The smallest absolute Gasteiger partial charge is 0.276 e. The molecule has 2 aliphatic rings. The Bertz CT molecular complexity index is 525. The number of nitrogens with zero attached hydrogens (tertiary/aromatic N) is 2. The molecule has 1 aromatic rings. The fourth-order valence-electron chi connectivity index (χ4n) is 3.58. The van der Waals surface area contributed by atoms with Crippen molar-refractivity contribution in [3.05, 3.63) is 17.5 Å². The molecule has 1 N–H and O–H groups in total. The van der Waals surface area contributed by atoms with Crippen molar-refractivity contribution in [1.29, 1.82) is 0 Å². The lowest BCUT2D eigenvalue weighted by Crippen LogP contribution is -2.54. The maximum absolute atomic E-state index is 12.5. The molecule has 1 saturated heterocycles. The zero-order chi connectivity index (χ0) is 15.0. The predicted octanol–water partition coefficient (Wildman–Crippen LogP) is 2.57. The molecule has 21 heavy (non-hydrogen) atoms. The molecule has 0 unspecified atom stereocenters. The number of amides is 1. The Balaban J connectivity index is 1.71. The number of rotatable bonds is 2. The zero-order valence-corrected chi connectivity index (χ0v) is 12.8. The first-order chi connectivity index (χ1) is 9.99. The lowest BCUT2D eigenvalue weighted by atomic mass is 9.71. The Labute approximate surface area is 125 Å². The fourth-order valence-corrected chi connectivity index (χ4v) is 3.58. The maximum Gasteiger partial charge on any atom is 0.276 e. The van der Waals surface area contributed by atoms with Gasteiger partial charge in [0, 0.05) is 31.0 Å². The highest BCUT2D eigenvalue weighted by molar-refractivity contribution is 5.92. The Kier molecular flexibility index (Phi) is 3.78. The predicted molar refractivity (Wildman–Crippen MR) is 78.0 cm³/mol. The second-order valence-electron chi connectivity index (χ2n) is 6.82. The van der Waals surface area contributed by atoms with Crippen LogP contribution < -0.4 is 0 Å². The molecule has 2 atom stereocenters. The van der Waals surface area contributed by atoms with Crippen LogP contribution in [-0.4, -0.2) is 39.8 Å². The summed E-state index contributed by atoms with van der Waals surface area (Å²) in [4.78, 5) is 14.4. The Morgan fingerprint density at radius 3 is 3.00 bits per heavy atom. The summed E-state index contributed by atoms with van der Waals surface area (Å²) in [7, 11) is 0. The van der Waals surface area contributed by atoms with Crippen molar-refractivity contribution in [3.63, 3.8) is 0 Å². The van der Waals surface area contributed by atoms with Crippen molar-refractivity contribution in [3.8, 4) is 0 Å². The zero-order valence-electron chi connectivity index (χ0n) is 12.8. The average molecular weight is 292 g/mol. The van der Waals surface area contributed by atoms with Crippen LogP contribution in [-0.2, 0) is 0 Å². The number of fused-ring (bicyclic) bond motifs is 1. The van der Waals surface area contributed by atoms with Crippen LogP contribution in [0.3, 0.4) is 0 Å². The summed E-state index contributed by atoms with van der Waals surface area (Å²) in [6.07, 6.45) is 4.81. The van der Waals surface area contributed by atoms with E-state index in [9.17, 15) is 9.90 Å². The van der Waals surface area contributed by atoms with Crippen molar-refractivity contribution in [1.82, 2.24) is 10.1 Å². The Hall–Kier alpha value is -1.36. The van der Waals surface area contributed by atoms with Crippen LogP contribution >= 0.6 is 0 Å². The van der Waals surface area contributed by atoms with Crippen LogP contribution in [0.25, 0.3) is 0 Å². The van der Waals surface area contributed by atoms with Gasteiger partial charge in [-0.2, -0.15) is 0 Å². The van der Waals surface area contributed by atoms with Crippen LogP contribution in [0.5, 0.6) is 0 Å². The highest BCUT2D eigenvalue weighted by Gasteiger charge is 2.44. The highest BCUT2D eigenvalue weighted by atomic mass is 16.5. The van der Waals surface area contributed by atoms with E-state index in [1.54, 1.807) is 6.07 Å². The van der Waals surface area contributed by atoms with Gasteiger partial charge < -0.3 is 14.5 Å². The number of carbonyl (C=O) groups excluding carboxylic acids is 1. The molecule has 1 aromatic heterocycles. The first kappa shape index (κ1) is 14.6. The minimum absolute atomic E-state index is 0.0710. The van der Waals surface area contributed by atoms with Gasteiger partial charge in [0.05, 0.1) is 5.60 Å². The average Bonchev–Trinajstić information content (AvgIpc) is 2.95. The third-order valence-corrected chi connectivity index (χ3v) is 5.03. The molecule has 3 rings (SSSR count). The summed E-state index contributed by atoms with van der Waals surface area (Å²) in [6.45, 7) is 5.27. The minimum Gasteiger partial charge on any atom is -0.389 e. The van der Waals surface area contributed by atoms with Gasteiger partial charge in [-0.3, -0.25) is 4.79 Å². The molecule has 116 valence electrons. The van der Waals surface area contributed by atoms with Crippen molar-refractivity contribution in [2.24, 2.45) is 5.92 Å². The van der Waals surface area contributed by atoms with E-state index in [1.165, 1.54) is 0 Å². The van der Waals surface area contributed by atoms with Crippen LogP contribution in [0.1, 0.15) is 68.1 Å². The summed E-state index contributed by atoms with van der Waals surface area (Å²) < 4.78 is 5.22. The molecular formula is C16H24N2O3. The molecule has 2 heterocycles. The number of piperidine rings is 1. The molecule has 1 saturated carbocycles. The first-order valence-electron chi connectivity index (χ1n) is 7.98. The maximum atomic E-state index is 12.5. The quantitative estimate of drug-likeness (QED) is 0.909. The molecule has 0 radical (unpaired) electrons. The molecule has 5 heteroatoms. The number of likely N-dealkylation sites (tertiary alicyclic amines) is 1. The molecule has 0 spiro atoms. The second-order valence-corrected chi connectivity index (χ2v) is 6.82. The molecule has 1 aliphatic heterocycles. The third-order valence-electron chi connectivity index (χ3n) is 5.03. The van der Waals surface area contributed by atoms with E-state index >= 15 is 0 Å². The molecule has 2 fully saturated rings. The second kappa shape index (κ2) is 5.44. The van der Waals surface area contributed by atoms with Crippen molar-refractivity contribution in [2.75, 3.05) is 13.1 Å². The van der Waals surface area contributed by atoms with Gasteiger partial charge in [0.15, 0.2) is 5.69 Å². The van der Waals surface area contributed by atoms with Crippen molar-refractivity contribution in [2.45, 2.75) is 57.5 Å². The Morgan fingerprint density at radius 1 is 1.48 bits per heavy atom. The van der Waals surface area contributed by atoms with E-state index in [-0.39, 0.29) is 17.7 Å². The van der Waals surface area contributed by atoms with Gasteiger partial charge in [-0.05, 0) is 19.3 Å². The molecule has 0 aromatic carbocycles. The number of aromatic nitrogens is 1. The molecule has 1 amide bonds. The van der Waals surface area contributed by atoms with Crippen molar-refractivity contribution < 1.29 is 14.4 Å². The molecule has 1 aliphatic carbocycles. The van der Waals surface area contributed by atoms with E-state index in [0.29, 0.717) is 25.2 Å². The number of carbonyl (C=O) groups is 1. The molecule has 0 bridgehead atoms. The van der Waals surface area contributed by atoms with Gasteiger partial charge in [-0.15, -0.1) is 0 Å². The monoisotopic (exact) mass is 292 g/mol. The van der Waals surface area contributed by atoms with Gasteiger partial charge in [0.1, 0.15) is 5.76 Å². The summed E-state index contributed by atoms with van der Waals surface area (Å²) in [5.74, 6) is 1.10. The topological polar surface area (TPSA) is 66.6 Å². The van der Waals surface area contributed by atoms with Crippen LogP contribution in [0.15, 0.2) is 10.6 Å². The van der Waals surface area contributed by atoms with E-state index in [4.69, 9.17) is 4.52 Å². The summed E-state index contributed by atoms with van der Waals surface area (Å²) in [5, 5.41) is 14.6. The fraction of sp³-hybridized carbons (Fsp3) is 0.750. The number of hydrogen-bond donors (Lipinski definition) is 1. The van der Waals surface area contributed by atoms with E-state index in [0.717, 1.165) is 31.4 Å². The van der Waals surface area contributed by atoms with Crippen LogP contribution in [0.2, 0.25) is 0 Å². The summed E-state index contributed by atoms with van der Waals surface area (Å²) in [6, 6.07) is 1.74. The SMILES string of the molecule is CC(C)c1cc(C(=O)N2CC[C@@]3(O)CCCC[C@@H]3C2)no1. The first-order valence-corrected chi connectivity index (χ1v) is 7.98. The lowest BCUT2D eigenvalue weighted by molar-refractivity contribution is -0.0887. The lowest BCUT2D eigenvalue weighted by Gasteiger charge is -2.47. The standard InChI is InChI=1S/C16H24N2O3/c1-11(2)14-9-13(17-21-14)15(19)18-8-7-16(20)6-4-3-5-12(16)10-18/h9,11-12,20H,3-8,10H2,1-2H3/t12-,16+/m1/s1. The van der Waals surface area contributed by atoms with Gasteiger partial charge in [0.2, 0.25) is 0 Å². The molecular weight excluding hydrogens is 268 g/mol. The van der Waals surface area contributed by atoms with Gasteiger partial charge >= 0.3 is 0 Å². The third kappa shape index (κ3) is 2.71. The van der Waals surface area contributed by atoms with E-state index in [1.807, 2.05) is 18.7 Å². The minimum atomic E-state index is -0.554. The van der Waals surface area contributed by atoms with Gasteiger partial charge in [-0.1, -0.05) is 31.8 Å². The Morgan fingerprint density at radius 2 is 2.29 bits per heavy atom. The van der Waals surface area contributed by atoms with E-state index < -0.39 is 5.60 Å². The van der Waals surface area contributed by atoms with Crippen LogP contribution in [0, 0.1) is 5.92 Å². The highest BCUT2D eigenvalue weighted by Crippen LogP contribution is 2.40. The number of aliphatic hydroxyl groups is 1. The van der Waals surface area contributed by atoms with Crippen LogP contribution in [0.4, 0.5) is 0 Å². The molecule has 5 nitrogen and oxygen atoms in total.